The standard InChI is InChI=1S/C10H10BrF3O2/c1-9(2,16)6-3-5(11)4-7(8(6)15)10(12,13)14/h3-4,15-16H,1-2H3. The fraction of sp³-hybridized carbons (Fsp3) is 0.400. The van der Waals surface area contributed by atoms with Crippen LogP contribution >= 0.6 is 15.9 Å². The molecular formula is C10H10BrF3O2. The average Bonchev–Trinajstić information content (AvgIpc) is 2.04. The Labute approximate surface area is 98.8 Å². The first-order chi connectivity index (χ1) is 7.03. The SMILES string of the molecule is CC(C)(O)c1cc(Br)cc(C(F)(F)F)c1O. The lowest BCUT2D eigenvalue weighted by Gasteiger charge is -2.22. The second-order valence-corrected chi connectivity index (χ2v) is 4.82. The zero-order chi connectivity index (χ0) is 12.7. The number of aliphatic hydroxyl groups is 1. The molecule has 0 saturated carbocycles. The van der Waals surface area contributed by atoms with Gasteiger partial charge in [0.15, 0.2) is 0 Å². The van der Waals surface area contributed by atoms with E-state index in [4.69, 9.17) is 0 Å². The third-order valence-corrected chi connectivity index (χ3v) is 2.50. The Kier molecular flexibility index (Phi) is 3.27. The quantitative estimate of drug-likeness (QED) is 0.834. The van der Waals surface area contributed by atoms with Crippen LogP contribution in [0.4, 0.5) is 13.2 Å². The molecular weight excluding hydrogens is 289 g/mol. The van der Waals surface area contributed by atoms with Gasteiger partial charge in [0, 0.05) is 10.0 Å². The summed E-state index contributed by atoms with van der Waals surface area (Å²) in [5, 5.41) is 19.1. The molecule has 16 heavy (non-hydrogen) atoms. The fourth-order valence-corrected chi connectivity index (χ4v) is 1.74. The van der Waals surface area contributed by atoms with Crippen LogP contribution in [0, 0.1) is 0 Å². The summed E-state index contributed by atoms with van der Waals surface area (Å²) in [4.78, 5) is 0. The second-order valence-electron chi connectivity index (χ2n) is 3.91. The summed E-state index contributed by atoms with van der Waals surface area (Å²) in [7, 11) is 0. The molecule has 0 unspecified atom stereocenters. The lowest BCUT2D eigenvalue weighted by molar-refractivity contribution is -0.139. The van der Waals surface area contributed by atoms with E-state index >= 15 is 0 Å². The van der Waals surface area contributed by atoms with Gasteiger partial charge in [0.2, 0.25) is 0 Å². The number of halogens is 4. The van der Waals surface area contributed by atoms with Crippen molar-refractivity contribution in [2.75, 3.05) is 0 Å². The van der Waals surface area contributed by atoms with Gasteiger partial charge in [-0.1, -0.05) is 15.9 Å². The lowest BCUT2D eigenvalue weighted by atomic mass is 9.95. The highest BCUT2D eigenvalue weighted by Gasteiger charge is 2.37. The van der Waals surface area contributed by atoms with Crippen molar-refractivity contribution in [3.8, 4) is 5.75 Å². The summed E-state index contributed by atoms with van der Waals surface area (Å²) in [5.74, 6) is -0.941. The Morgan fingerprint density at radius 1 is 1.12 bits per heavy atom. The summed E-state index contributed by atoms with van der Waals surface area (Å²) in [6.07, 6.45) is -4.66. The van der Waals surface area contributed by atoms with Crippen molar-refractivity contribution in [2.24, 2.45) is 0 Å². The normalized spacial score (nSPS) is 12.9. The van der Waals surface area contributed by atoms with Crippen molar-refractivity contribution >= 4 is 15.9 Å². The van der Waals surface area contributed by atoms with E-state index in [0.717, 1.165) is 6.07 Å². The first kappa shape index (κ1) is 13.3. The molecule has 1 aromatic rings. The molecule has 2 nitrogen and oxygen atoms in total. The van der Waals surface area contributed by atoms with E-state index < -0.39 is 23.1 Å². The van der Waals surface area contributed by atoms with Gasteiger partial charge >= 0.3 is 6.18 Å². The Morgan fingerprint density at radius 3 is 1.94 bits per heavy atom. The molecule has 0 aliphatic heterocycles. The number of phenols is 1. The largest absolute Gasteiger partial charge is 0.507 e. The number of phenolic OH excluding ortho intramolecular Hbond substituents is 1. The first-order valence-electron chi connectivity index (χ1n) is 4.36. The van der Waals surface area contributed by atoms with Crippen LogP contribution < -0.4 is 0 Å². The highest BCUT2D eigenvalue weighted by molar-refractivity contribution is 9.10. The molecule has 0 bridgehead atoms. The molecule has 0 fully saturated rings. The minimum Gasteiger partial charge on any atom is -0.507 e. The van der Waals surface area contributed by atoms with E-state index in [9.17, 15) is 23.4 Å². The van der Waals surface area contributed by atoms with Crippen molar-refractivity contribution in [3.05, 3.63) is 27.7 Å². The second kappa shape index (κ2) is 3.92. The molecule has 90 valence electrons. The van der Waals surface area contributed by atoms with Gasteiger partial charge in [0.1, 0.15) is 5.75 Å². The van der Waals surface area contributed by atoms with Crippen LogP contribution in [0.1, 0.15) is 25.0 Å². The summed E-state index contributed by atoms with van der Waals surface area (Å²) in [6.45, 7) is 2.60. The summed E-state index contributed by atoms with van der Waals surface area (Å²) in [6, 6.07) is 2.02. The number of alkyl halides is 3. The number of hydrogen-bond acceptors (Lipinski definition) is 2. The van der Waals surface area contributed by atoms with Gasteiger partial charge in [-0.25, -0.2) is 0 Å². The van der Waals surface area contributed by atoms with Gasteiger partial charge in [0.05, 0.1) is 11.2 Å². The molecule has 0 aliphatic carbocycles. The third-order valence-electron chi connectivity index (χ3n) is 2.04. The fourth-order valence-electron chi connectivity index (χ4n) is 1.28. The Bertz CT molecular complexity index is 373. The van der Waals surface area contributed by atoms with E-state index in [0.29, 0.717) is 0 Å². The Balaban J connectivity index is 3.51. The third kappa shape index (κ3) is 2.68. The maximum atomic E-state index is 12.5. The smallest absolute Gasteiger partial charge is 0.420 e. The number of hydrogen-bond donors (Lipinski definition) is 2. The molecule has 0 atom stereocenters. The van der Waals surface area contributed by atoms with Crippen LogP contribution in [0.25, 0.3) is 0 Å². The molecule has 1 aromatic carbocycles. The predicted octanol–water partition coefficient (Wildman–Crippen LogP) is 3.40. The highest BCUT2D eigenvalue weighted by atomic mass is 79.9. The van der Waals surface area contributed by atoms with Gasteiger partial charge in [-0.2, -0.15) is 13.2 Å². The van der Waals surface area contributed by atoms with Gasteiger partial charge < -0.3 is 10.2 Å². The molecule has 0 heterocycles. The van der Waals surface area contributed by atoms with Crippen LogP contribution in [0.2, 0.25) is 0 Å². The minimum atomic E-state index is -4.66. The number of rotatable bonds is 1. The summed E-state index contributed by atoms with van der Waals surface area (Å²) < 4.78 is 37.8. The van der Waals surface area contributed by atoms with Gasteiger partial charge in [-0.3, -0.25) is 0 Å². The van der Waals surface area contributed by atoms with Crippen molar-refractivity contribution in [2.45, 2.75) is 25.6 Å². The topological polar surface area (TPSA) is 40.5 Å². The molecule has 0 aliphatic rings. The van der Waals surface area contributed by atoms with Crippen LogP contribution in [0.3, 0.4) is 0 Å². The molecule has 0 saturated heterocycles. The summed E-state index contributed by atoms with van der Waals surface area (Å²) in [5.41, 5.74) is -2.89. The average molecular weight is 299 g/mol. The maximum absolute atomic E-state index is 12.5. The number of aromatic hydroxyl groups is 1. The van der Waals surface area contributed by atoms with Gasteiger partial charge in [-0.15, -0.1) is 0 Å². The molecule has 1 rings (SSSR count). The predicted molar refractivity (Wildman–Crippen MR) is 56.1 cm³/mol. The zero-order valence-electron chi connectivity index (χ0n) is 8.56. The zero-order valence-corrected chi connectivity index (χ0v) is 10.1. The van der Waals surface area contributed by atoms with Gasteiger partial charge in [-0.05, 0) is 26.0 Å². The van der Waals surface area contributed by atoms with E-state index in [2.05, 4.69) is 15.9 Å². The van der Waals surface area contributed by atoms with E-state index in [1.54, 1.807) is 0 Å². The first-order valence-corrected chi connectivity index (χ1v) is 5.15. The van der Waals surface area contributed by atoms with Crippen LogP contribution in [-0.2, 0) is 11.8 Å². The molecule has 0 radical (unpaired) electrons. The van der Waals surface area contributed by atoms with Crippen molar-refractivity contribution in [1.29, 1.82) is 0 Å². The summed E-state index contributed by atoms with van der Waals surface area (Å²) >= 11 is 2.91. The van der Waals surface area contributed by atoms with Gasteiger partial charge in [0.25, 0.3) is 0 Å². The molecule has 0 amide bonds. The molecule has 0 spiro atoms. The van der Waals surface area contributed by atoms with Crippen LogP contribution in [-0.4, -0.2) is 10.2 Å². The maximum Gasteiger partial charge on any atom is 0.420 e. The minimum absolute atomic E-state index is 0.148. The monoisotopic (exact) mass is 298 g/mol. The highest BCUT2D eigenvalue weighted by Crippen LogP contribution is 2.42. The lowest BCUT2D eigenvalue weighted by Crippen LogP contribution is -2.18. The number of benzene rings is 1. The molecule has 0 aromatic heterocycles. The molecule has 6 heteroatoms. The van der Waals surface area contributed by atoms with E-state index in [-0.39, 0.29) is 10.0 Å². The van der Waals surface area contributed by atoms with Crippen molar-refractivity contribution < 1.29 is 23.4 Å². The Morgan fingerprint density at radius 2 is 1.56 bits per heavy atom. The van der Waals surface area contributed by atoms with Crippen molar-refractivity contribution in [1.82, 2.24) is 0 Å². The van der Waals surface area contributed by atoms with Crippen LogP contribution in [0.5, 0.6) is 5.75 Å². The van der Waals surface area contributed by atoms with E-state index in [1.165, 1.54) is 19.9 Å². The van der Waals surface area contributed by atoms with Crippen LogP contribution in [0.15, 0.2) is 16.6 Å². The Hall–Kier alpha value is -0.750. The van der Waals surface area contributed by atoms with Crippen molar-refractivity contribution in [3.63, 3.8) is 0 Å². The van der Waals surface area contributed by atoms with E-state index in [1.807, 2.05) is 0 Å². The molecule has 2 N–H and O–H groups in total.